The van der Waals surface area contributed by atoms with Gasteiger partial charge in [0.25, 0.3) is 0 Å². The van der Waals surface area contributed by atoms with Crippen LogP contribution in [-0.2, 0) is 9.53 Å². The number of para-hydroxylation sites is 1. The summed E-state index contributed by atoms with van der Waals surface area (Å²) in [5, 5.41) is 11.2. The zero-order chi connectivity index (χ0) is 14.9. The van der Waals surface area contributed by atoms with Gasteiger partial charge >= 0.3 is 5.97 Å². The lowest BCUT2D eigenvalue weighted by atomic mass is 10.0. The van der Waals surface area contributed by atoms with Crippen LogP contribution in [0.5, 0.6) is 0 Å². The summed E-state index contributed by atoms with van der Waals surface area (Å²) in [6, 6.07) is 7.39. The van der Waals surface area contributed by atoms with Crippen molar-refractivity contribution in [2.75, 3.05) is 7.11 Å². The summed E-state index contributed by atoms with van der Waals surface area (Å²) < 4.78 is 4.75. The van der Waals surface area contributed by atoms with Gasteiger partial charge in [-0.2, -0.15) is 0 Å². The van der Waals surface area contributed by atoms with Crippen LogP contribution in [0.2, 0.25) is 0 Å². The van der Waals surface area contributed by atoms with Crippen LogP contribution in [0, 0.1) is 0 Å². The van der Waals surface area contributed by atoms with Crippen molar-refractivity contribution in [1.29, 1.82) is 0 Å². The van der Waals surface area contributed by atoms with E-state index in [0.717, 1.165) is 10.6 Å². The molecular formula is C15H18N2O3. The third-order valence-corrected chi connectivity index (χ3v) is 3.00. The Morgan fingerprint density at radius 3 is 2.60 bits per heavy atom. The van der Waals surface area contributed by atoms with E-state index in [1.54, 1.807) is 0 Å². The van der Waals surface area contributed by atoms with E-state index in [0.29, 0.717) is 11.3 Å². The second-order valence-electron chi connectivity index (χ2n) is 5.53. The van der Waals surface area contributed by atoms with Gasteiger partial charge in [0.2, 0.25) is 0 Å². The van der Waals surface area contributed by atoms with Crippen LogP contribution in [0.3, 0.4) is 0 Å². The zero-order valence-electron chi connectivity index (χ0n) is 12.0. The summed E-state index contributed by atoms with van der Waals surface area (Å²) >= 11 is 0. The molecule has 5 nitrogen and oxygen atoms in total. The molecule has 20 heavy (non-hydrogen) atoms. The standard InChI is InChI=1S/C15H18N2O3/c1-15(2,3)17(19)9-11-10-7-5-6-8-12(10)16-13(11)14(18)20-4/h5-9,19H,1-4H3. The molecule has 1 N–H and O–H groups in total. The highest BCUT2D eigenvalue weighted by Gasteiger charge is 2.28. The molecule has 0 bridgehead atoms. The highest BCUT2D eigenvalue weighted by Crippen LogP contribution is 2.35. The number of hydrogen-bond donors (Lipinski definition) is 1. The normalized spacial score (nSPS) is 15.8. The van der Waals surface area contributed by atoms with Gasteiger partial charge in [0.1, 0.15) is 0 Å². The number of esters is 1. The summed E-state index contributed by atoms with van der Waals surface area (Å²) in [5.41, 5.74) is 1.78. The molecule has 5 heteroatoms. The Kier molecular flexibility index (Phi) is 3.63. The van der Waals surface area contributed by atoms with E-state index >= 15 is 0 Å². The Balaban J connectivity index is 2.50. The molecule has 1 aromatic rings. The van der Waals surface area contributed by atoms with Gasteiger partial charge in [-0.3, -0.25) is 10.3 Å². The average molecular weight is 274 g/mol. The summed E-state index contributed by atoms with van der Waals surface area (Å²) in [6.45, 7) is 5.58. The smallest absolute Gasteiger partial charge is 0.357 e. The summed E-state index contributed by atoms with van der Waals surface area (Å²) in [5.74, 6) is -0.519. The Labute approximate surface area is 118 Å². The molecule has 0 aromatic heterocycles. The van der Waals surface area contributed by atoms with Crippen LogP contribution in [0.25, 0.3) is 5.57 Å². The largest absolute Gasteiger partial charge is 0.464 e. The molecule has 2 rings (SSSR count). The van der Waals surface area contributed by atoms with Crippen molar-refractivity contribution in [1.82, 2.24) is 5.06 Å². The van der Waals surface area contributed by atoms with Gasteiger partial charge in [-0.25, -0.2) is 9.79 Å². The maximum absolute atomic E-state index is 11.8. The Bertz CT molecular complexity index is 597. The molecule has 1 aliphatic heterocycles. The molecule has 0 amide bonds. The lowest BCUT2D eigenvalue weighted by Crippen LogP contribution is -2.35. The number of benzene rings is 1. The second kappa shape index (κ2) is 5.09. The molecule has 0 saturated heterocycles. The number of hydroxylamine groups is 2. The lowest BCUT2D eigenvalue weighted by Gasteiger charge is -2.28. The maximum atomic E-state index is 11.8. The van der Waals surface area contributed by atoms with Crippen molar-refractivity contribution >= 4 is 22.9 Å². The van der Waals surface area contributed by atoms with Gasteiger partial charge in [0.05, 0.1) is 18.3 Å². The third kappa shape index (κ3) is 2.58. The topological polar surface area (TPSA) is 62.1 Å². The zero-order valence-corrected chi connectivity index (χ0v) is 12.0. The van der Waals surface area contributed by atoms with Crippen molar-refractivity contribution in [3.8, 4) is 0 Å². The van der Waals surface area contributed by atoms with Gasteiger partial charge in [-0.1, -0.05) is 18.2 Å². The molecule has 0 spiro atoms. The fourth-order valence-corrected chi connectivity index (χ4v) is 1.81. The van der Waals surface area contributed by atoms with E-state index < -0.39 is 11.5 Å². The van der Waals surface area contributed by atoms with Crippen molar-refractivity contribution in [3.05, 3.63) is 36.0 Å². The number of fused-ring (bicyclic) bond motifs is 1. The number of rotatable bonds is 2. The van der Waals surface area contributed by atoms with E-state index in [-0.39, 0.29) is 5.71 Å². The predicted molar refractivity (Wildman–Crippen MR) is 76.9 cm³/mol. The van der Waals surface area contributed by atoms with Crippen LogP contribution in [0.1, 0.15) is 26.3 Å². The molecule has 0 radical (unpaired) electrons. The van der Waals surface area contributed by atoms with Gasteiger partial charge in [-0.15, -0.1) is 0 Å². The van der Waals surface area contributed by atoms with Gasteiger partial charge in [0, 0.05) is 17.3 Å². The second-order valence-corrected chi connectivity index (χ2v) is 5.53. The molecule has 106 valence electrons. The SMILES string of the molecule is COC(=O)C1=Nc2ccccc2C1=CN(O)C(C)(C)C. The lowest BCUT2D eigenvalue weighted by molar-refractivity contribution is -0.132. The average Bonchev–Trinajstić information content (AvgIpc) is 2.76. The first-order valence-corrected chi connectivity index (χ1v) is 6.31. The highest BCUT2D eigenvalue weighted by molar-refractivity contribution is 6.56. The number of hydrogen-bond acceptors (Lipinski definition) is 5. The minimum absolute atomic E-state index is 0.206. The molecular weight excluding hydrogens is 256 g/mol. The molecule has 0 unspecified atom stereocenters. The summed E-state index contributed by atoms with van der Waals surface area (Å²) in [7, 11) is 1.31. The number of aliphatic imine (C=N–C) groups is 1. The van der Waals surface area contributed by atoms with Crippen molar-refractivity contribution in [3.63, 3.8) is 0 Å². The van der Waals surface area contributed by atoms with Gasteiger partial charge in [0.15, 0.2) is 5.71 Å². The minimum Gasteiger partial charge on any atom is -0.464 e. The predicted octanol–water partition coefficient (Wildman–Crippen LogP) is 2.78. The van der Waals surface area contributed by atoms with E-state index in [4.69, 9.17) is 4.74 Å². The number of ether oxygens (including phenoxy) is 1. The quantitative estimate of drug-likeness (QED) is 0.665. The van der Waals surface area contributed by atoms with Crippen molar-refractivity contribution in [2.45, 2.75) is 26.3 Å². The molecule has 1 aromatic carbocycles. The molecule has 0 aliphatic carbocycles. The van der Waals surface area contributed by atoms with Crippen LogP contribution in [-0.4, -0.2) is 34.6 Å². The highest BCUT2D eigenvalue weighted by atomic mass is 16.5. The molecule has 0 fully saturated rings. The van der Waals surface area contributed by atoms with E-state index in [1.807, 2.05) is 45.0 Å². The van der Waals surface area contributed by atoms with Crippen LogP contribution in [0.15, 0.2) is 35.5 Å². The number of nitrogens with zero attached hydrogens (tertiary/aromatic N) is 2. The van der Waals surface area contributed by atoms with E-state index in [9.17, 15) is 10.0 Å². The molecule has 1 aliphatic rings. The fraction of sp³-hybridized carbons (Fsp3) is 0.333. The van der Waals surface area contributed by atoms with Gasteiger partial charge < -0.3 is 4.74 Å². The Morgan fingerprint density at radius 2 is 2.00 bits per heavy atom. The molecule has 1 heterocycles. The maximum Gasteiger partial charge on any atom is 0.357 e. The number of carbonyl (C=O) groups is 1. The third-order valence-electron chi connectivity index (χ3n) is 3.00. The van der Waals surface area contributed by atoms with Crippen LogP contribution >= 0.6 is 0 Å². The number of carbonyl (C=O) groups excluding carboxylic acids is 1. The Morgan fingerprint density at radius 1 is 1.35 bits per heavy atom. The first-order valence-electron chi connectivity index (χ1n) is 6.31. The minimum atomic E-state index is -0.519. The monoisotopic (exact) mass is 274 g/mol. The molecule has 0 saturated carbocycles. The number of methoxy groups -OCH3 is 1. The molecule has 0 atom stereocenters. The van der Waals surface area contributed by atoms with Crippen LogP contribution in [0.4, 0.5) is 5.69 Å². The first kappa shape index (κ1) is 14.3. The first-order chi connectivity index (χ1) is 9.34. The van der Waals surface area contributed by atoms with E-state index in [1.165, 1.54) is 13.3 Å². The summed E-state index contributed by atoms with van der Waals surface area (Å²) in [6.07, 6.45) is 1.52. The van der Waals surface area contributed by atoms with Crippen molar-refractivity contribution in [2.24, 2.45) is 4.99 Å². The summed E-state index contributed by atoms with van der Waals surface area (Å²) in [4.78, 5) is 16.1. The van der Waals surface area contributed by atoms with Gasteiger partial charge in [-0.05, 0) is 26.8 Å². The van der Waals surface area contributed by atoms with Crippen LogP contribution < -0.4 is 0 Å². The Hall–Kier alpha value is -2.14. The van der Waals surface area contributed by atoms with E-state index in [2.05, 4.69) is 4.99 Å². The van der Waals surface area contributed by atoms with Crippen molar-refractivity contribution < 1.29 is 14.7 Å². The fourth-order valence-electron chi connectivity index (χ4n) is 1.81.